The molecule has 0 unspecified atom stereocenters. The Balaban J connectivity index is 1.54. The lowest BCUT2D eigenvalue weighted by atomic mass is 9.94. The van der Waals surface area contributed by atoms with E-state index in [1.165, 1.54) is 34.6 Å². The maximum atomic E-state index is 12.8. The van der Waals surface area contributed by atoms with Crippen LogP contribution in [0.4, 0.5) is 0 Å². The minimum absolute atomic E-state index is 0.0270. The molecule has 1 saturated carbocycles. The summed E-state index contributed by atoms with van der Waals surface area (Å²) >= 11 is 9.15. The summed E-state index contributed by atoms with van der Waals surface area (Å²) in [6.07, 6.45) is 7.54. The first kappa shape index (κ1) is 18.3. The van der Waals surface area contributed by atoms with E-state index in [-0.39, 0.29) is 11.9 Å². The van der Waals surface area contributed by atoms with Gasteiger partial charge in [-0.3, -0.25) is 9.69 Å². The van der Waals surface area contributed by atoms with Gasteiger partial charge in [0.15, 0.2) is 0 Å². The molecule has 0 bridgehead atoms. The van der Waals surface area contributed by atoms with Crippen LogP contribution in [0.1, 0.15) is 37.9 Å². The second-order valence-corrected chi connectivity index (χ2v) is 9.47. The van der Waals surface area contributed by atoms with Crippen molar-refractivity contribution in [2.75, 3.05) is 0 Å². The minimum Gasteiger partial charge on any atom is -0.457 e. The summed E-state index contributed by atoms with van der Waals surface area (Å²) in [6.45, 7) is 0. The lowest BCUT2D eigenvalue weighted by Crippen LogP contribution is -2.39. The number of halogens is 1. The SMILES string of the molecule is O=C1C(=Cc2ccc(-c3ccc(I)cc3)o2)SC(=S)N1C1CCCCC1. The van der Waals surface area contributed by atoms with Gasteiger partial charge in [-0.1, -0.05) is 55.4 Å². The molecule has 1 aromatic carbocycles. The molecule has 1 aliphatic carbocycles. The molecule has 1 amide bonds. The average molecular weight is 495 g/mol. The fourth-order valence-corrected chi connectivity index (χ4v) is 5.20. The topological polar surface area (TPSA) is 33.5 Å². The summed E-state index contributed by atoms with van der Waals surface area (Å²) in [4.78, 5) is 15.3. The number of carbonyl (C=O) groups is 1. The van der Waals surface area contributed by atoms with E-state index < -0.39 is 0 Å². The van der Waals surface area contributed by atoms with Gasteiger partial charge in [0.25, 0.3) is 5.91 Å². The molecule has 4 rings (SSSR count). The van der Waals surface area contributed by atoms with Crippen molar-refractivity contribution >= 4 is 62.9 Å². The highest BCUT2D eigenvalue weighted by atomic mass is 127. The van der Waals surface area contributed by atoms with Gasteiger partial charge in [-0.2, -0.15) is 0 Å². The zero-order valence-electron chi connectivity index (χ0n) is 14.1. The first-order valence-corrected chi connectivity index (χ1v) is 11.0. The Morgan fingerprint density at radius 1 is 1.12 bits per heavy atom. The summed E-state index contributed by atoms with van der Waals surface area (Å²) in [5.74, 6) is 1.51. The minimum atomic E-state index is 0.0270. The third kappa shape index (κ3) is 3.77. The highest BCUT2D eigenvalue weighted by Gasteiger charge is 2.37. The van der Waals surface area contributed by atoms with Crippen LogP contribution in [0, 0.1) is 3.57 Å². The van der Waals surface area contributed by atoms with Crippen LogP contribution in [0.15, 0.2) is 45.7 Å². The van der Waals surface area contributed by atoms with E-state index in [2.05, 4.69) is 22.6 Å². The predicted octanol–water partition coefficient (Wildman–Crippen LogP) is 6.09. The molecular formula is C20H18INO2S2. The van der Waals surface area contributed by atoms with Crippen molar-refractivity contribution in [2.45, 2.75) is 38.1 Å². The van der Waals surface area contributed by atoms with Crippen LogP contribution in [0.3, 0.4) is 0 Å². The van der Waals surface area contributed by atoms with Gasteiger partial charge in [0, 0.05) is 21.3 Å². The van der Waals surface area contributed by atoms with E-state index >= 15 is 0 Å². The molecule has 1 aromatic heterocycles. The van der Waals surface area contributed by atoms with Crippen LogP contribution in [-0.4, -0.2) is 21.2 Å². The van der Waals surface area contributed by atoms with Gasteiger partial charge in [0.05, 0.1) is 4.91 Å². The molecule has 2 heterocycles. The monoisotopic (exact) mass is 495 g/mol. The normalized spacial score (nSPS) is 20.3. The Labute approximate surface area is 176 Å². The Morgan fingerprint density at radius 3 is 2.58 bits per heavy atom. The fraction of sp³-hybridized carbons (Fsp3) is 0.300. The maximum Gasteiger partial charge on any atom is 0.266 e. The molecule has 0 spiro atoms. The smallest absolute Gasteiger partial charge is 0.266 e. The number of hydrogen-bond donors (Lipinski definition) is 0. The zero-order valence-corrected chi connectivity index (χ0v) is 17.9. The highest BCUT2D eigenvalue weighted by molar-refractivity contribution is 14.1. The molecule has 0 N–H and O–H groups in total. The molecule has 1 aliphatic heterocycles. The van der Waals surface area contributed by atoms with E-state index in [1.807, 2.05) is 47.4 Å². The van der Waals surface area contributed by atoms with E-state index in [0.717, 1.165) is 24.2 Å². The Bertz CT molecular complexity index is 866. The standard InChI is InChI=1S/C20H18INO2S2/c21-14-8-6-13(7-9-14)17-11-10-16(24-17)12-18-19(23)22(20(25)26-18)15-4-2-1-3-5-15/h6-12,15H,1-5H2. The van der Waals surface area contributed by atoms with Crippen molar-refractivity contribution in [1.82, 2.24) is 4.90 Å². The third-order valence-corrected chi connectivity index (χ3v) is 6.84. The Hall–Kier alpha value is -1.12. The summed E-state index contributed by atoms with van der Waals surface area (Å²) in [5, 5.41) is 0. The van der Waals surface area contributed by atoms with Crippen molar-refractivity contribution in [3.8, 4) is 11.3 Å². The Morgan fingerprint density at radius 2 is 1.85 bits per heavy atom. The Kier molecular flexibility index (Phi) is 5.52. The molecule has 2 aliphatic rings. The van der Waals surface area contributed by atoms with Crippen molar-refractivity contribution in [3.63, 3.8) is 0 Å². The number of nitrogens with zero attached hydrogens (tertiary/aromatic N) is 1. The first-order valence-electron chi connectivity index (χ1n) is 8.75. The second kappa shape index (κ2) is 7.86. The molecule has 6 heteroatoms. The van der Waals surface area contributed by atoms with Gasteiger partial charge in [0.1, 0.15) is 15.8 Å². The van der Waals surface area contributed by atoms with Crippen LogP contribution in [0.5, 0.6) is 0 Å². The van der Waals surface area contributed by atoms with Crippen LogP contribution in [0.25, 0.3) is 17.4 Å². The largest absolute Gasteiger partial charge is 0.457 e. The lowest BCUT2D eigenvalue weighted by Gasteiger charge is -2.29. The molecule has 2 fully saturated rings. The van der Waals surface area contributed by atoms with Gasteiger partial charge in [-0.25, -0.2) is 0 Å². The number of benzene rings is 1. The van der Waals surface area contributed by atoms with Crippen LogP contribution >= 0.6 is 46.6 Å². The second-order valence-electron chi connectivity index (χ2n) is 6.55. The molecule has 26 heavy (non-hydrogen) atoms. The highest BCUT2D eigenvalue weighted by Crippen LogP contribution is 2.37. The number of hydrogen-bond acceptors (Lipinski definition) is 4. The molecule has 2 aromatic rings. The number of thiocarbonyl (C=S) groups is 1. The number of carbonyl (C=O) groups excluding carboxylic acids is 1. The van der Waals surface area contributed by atoms with Crippen molar-refractivity contribution in [3.05, 3.63) is 50.6 Å². The van der Waals surface area contributed by atoms with Crippen LogP contribution in [-0.2, 0) is 4.79 Å². The zero-order chi connectivity index (χ0) is 18.1. The van der Waals surface area contributed by atoms with Gasteiger partial charge in [-0.15, -0.1) is 0 Å². The first-order chi connectivity index (χ1) is 12.6. The molecule has 0 radical (unpaired) electrons. The molecule has 134 valence electrons. The van der Waals surface area contributed by atoms with E-state index in [9.17, 15) is 4.79 Å². The van der Waals surface area contributed by atoms with E-state index in [1.54, 1.807) is 0 Å². The third-order valence-electron chi connectivity index (χ3n) is 4.79. The van der Waals surface area contributed by atoms with Crippen LogP contribution < -0.4 is 0 Å². The average Bonchev–Trinajstić information content (AvgIpc) is 3.21. The summed E-state index contributed by atoms with van der Waals surface area (Å²) in [6, 6.07) is 12.3. The number of amides is 1. The number of thioether (sulfide) groups is 1. The summed E-state index contributed by atoms with van der Waals surface area (Å²) < 4.78 is 7.79. The van der Waals surface area contributed by atoms with Gasteiger partial charge in [0.2, 0.25) is 0 Å². The number of furan rings is 1. The summed E-state index contributed by atoms with van der Waals surface area (Å²) in [7, 11) is 0. The summed E-state index contributed by atoms with van der Waals surface area (Å²) in [5.41, 5.74) is 1.03. The lowest BCUT2D eigenvalue weighted by molar-refractivity contribution is -0.124. The maximum absolute atomic E-state index is 12.8. The van der Waals surface area contributed by atoms with Crippen molar-refractivity contribution in [1.29, 1.82) is 0 Å². The van der Waals surface area contributed by atoms with Crippen molar-refractivity contribution in [2.24, 2.45) is 0 Å². The van der Waals surface area contributed by atoms with E-state index in [0.29, 0.717) is 15.0 Å². The number of rotatable bonds is 3. The van der Waals surface area contributed by atoms with Gasteiger partial charge < -0.3 is 4.42 Å². The van der Waals surface area contributed by atoms with Gasteiger partial charge >= 0.3 is 0 Å². The molecule has 3 nitrogen and oxygen atoms in total. The molecular weight excluding hydrogens is 477 g/mol. The predicted molar refractivity (Wildman–Crippen MR) is 119 cm³/mol. The van der Waals surface area contributed by atoms with Crippen molar-refractivity contribution < 1.29 is 9.21 Å². The fourth-order valence-electron chi connectivity index (χ4n) is 3.46. The van der Waals surface area contributed by atoms with Gasteiger partial charge in [-0.05, 0) is 59.7 Å². The van der Waals surface area contributed by atoms with Crippen LogP contribution in [0.2, 0.25) is 0 Å². The van der Waals surface area contributed by atoms with E-state index in [4.69, 9.17) is 16.6 Å². The molecule has 1 saturated heterocycles. The molecule has 0 atom stereocenters. The quantitative estimate of drug-likeness (QED) is 0.294.